The second kappa shape index (κ2) is 11.3. The number of anilines is 6. The zero-order valence-corrected chi connectivity index (χ0v) is 25.3. The summed E-state index contributed by atoms with van der Waals surface area (Å²) >= 11 is 1.73. The molecule has 6 aromatic carbocycles. The highest BCUT2D eigenvalue weighted by Gasteiger charge is 2.20. The first-order chi connectivity index (χ1) is 22.7. The van der Waals surface area contributed by atoms with Crippen molar-refractivity contribution in [2.24, 2.45) is 0 Å². The van der Waals surface area contributed by atoms with Crippen molar-refractivity contribution in [2.45, 2.75) is 0 Å². The van der Waals surface area contributed by atoms with Gasteiger partial charge in [-0.1, -0.05) is 36.4 Å². The summed E-state index contributed by atoms with van der Waals surface area (Å²) in [5.41, 5.74) is 8.95. The summed E-state index contributed by atoms with van der Waals surface area (Å²) in [6.45, 7) is 0. The zero-order chi connectivity index (χ0) is 31.0. The maximum Gasteiger partial charge on any atom is 0.154 e. The van der Waals surface area contributed by atoms with E-state index < -0.39 is 0 Å². The Morgan fingerprint density at radius 3 is 1.46 bits per heavy atom. The highest BCUT2D eigenvalue weighted by atomic mass is 32.1. The molecule has 0 unspecified atom stereocenters. The van der Waals surface area contributed by atoms with Crippen molar-refractivity contribution >= 4 is 76.8 Å². The summed E-state index contributed by atoms with van der Waals surface area (Å²) in [7, 11) is 0. The lowest BCUT2D eigenvalue weighted by molar-refractivity contribution is 0.673. The largest absolute Gasteiger partial charge is 0.454 e. The molecule has 0 fully saturated rings. The van der Waals surface area contributed by atoms with Crippen molar-refractivity contribution in [2.75, 3.05) is 9.80 Å². The molecule has 46 heavy (non-hydrogen) atoms. The number of nitriles is 2. The van der Waals surface area contributed by atoms with E-state index in [4.69, 9.17) is 4.42 Å². The second-order valence-electron chi connectivity index (χ2n) is 10.9. The van der Waals surface area contributed by atoms with Crippen LogP contribution < -0.4 is 9.80 Å². The molecular formula is C40H24N4OS. The first-order valence-electron chi connectivity index (χ1n) is 14.8. The van der Waals surface area contributed by atoms with Gasteiger partial charge in [0.25, 0.3) is 0 Å². The number of hydrogen-bond donors (Lipinski definition) is 0. The molecule has 0 aliphatic rings. The first kappa shape index (κ1) is 27.2. The number of nitrogens with zero attached hydrogens (tertiary/aromatic N) is 4. The number of thiophene rings is 1. The van der Waals surface area contributed by atoms with Gasteiger partial charge >= 0.3 is 0 Å². The van der Waals surface area contributed by atoms with Crippen molar-refractivity contribution in [1.29, 1.82) is 10.5 Å². The minimum atomic E-state index is 0.623. The average molecular weight is 609 g/mol. The van der Waals surface area contributed by atoms with Gasteiger partial charge in [-0.3, -0.25) is 0 Å². The Kier molecular flexibility index (Phi) is 6.69. The quantitative estimate of drug-likeness (QED) is 0.188. The van der Waals surface area contributed by atoms with Gasteiger partial charge in [-0.15, -0.1) is 11.3 Å². The molecule has 0 aliphatic carbocycles. The van der Waals surface area contributed by atoms with Crippen LogP contribution in [0.5, 0.6) is 0 Å². The number of furan rings is 1. The Balaban J connectivity index is 1.22. The molecule has 0 saturated carbocycles. The molecule has 0 N–H and O–H groups in total. The fourth-order valence-electron chi connectivity index (χ4n) is 5.93. The maximum absolute atomic E-state index is 9.32. The van der Waals surface area contributed by atoms with E-state index in [0.29, 0.717) is 11.1 Å². The van der Waals surface area contributed by atoms with Crippen LogP contribution in [0.3, 0.4) is 0 Å². The number of hydrogen-bond acceptors (Lipinski definition) is 6. The Hall–Kier alpha value is -6.34. The van der Waals surface area contributed by atoms with Gasteiger partial charge in [0.2, 0.25) is 0 Å². The van der Waals surface area contributed by atoms with Gasteiger partial charge in [-0.05, 0) is 103 Å². The molecule has 2 heterocycles. The summed E-state index contributed by atoms with van der Waals surface area (Å²) in [4.78, 5) is 4.37. The summed E-state index contributed by atoms with van der Waals surface area (Å²) < 4.78 is 8.84. The molecule has 6 heteroatoms. The summed E-state index contributed by atoms with van der Waals surface area (Å²) in [6, 6.07) is 53.0. The lowest BCUT2D eigenvalue weighted by atomic mass is 10.1. The predicted octanol–water partition coefficient (Wildman–Crippen LogP) is 11.5. The molecule has 8 aromatic rings. The van der Waals surface area contributed by atoms with E-state index in [1.807, 2.05) is 84.9 Å². The van der Waals surface area contributed by atoms with Crippen LogP contribution in [0, 0.1) is 22.7 Å². The van der Waals surface area contributed by atoms with Gasteiger partial charge in [-0.25, -0.2) is 0 Å². The molecule has 0 aliphatic heterocycles. The van der Waals surface area contributed by atoms with Crippen LogP contribution in [-0.4, -0.2) is 0 Å². The molecular weight excluding hydrogens is 585 g/mol. The summed E-state index contributed by atoms with van der Waals surface area (Å²) in [5, 5.41) is 20.8. The number of rotatable bonds is 6. The minimum absolute atomic E-state index is 0.623. The number of benzene rings is 6. The third kappa shape index (κ3) is 4.71. The molecule has 216 valence electrons. The predicted molar refractivity (Wildman–Crippen MR) is 188 cm³/mol. The molecule has 0 saturated heterocycles. The van der Waals surface area contributed by atoms with Crippen molar-refractivity contribution in [3.05, 3.63) is 157 Å². The minimum Gasteiger partial charge on any atom is -0.454 e. The third-order valence-electron chi connectivity index (χ3n) is 8.10. The van der Waals surface area contributed by atoms with Crippen LogP contribution in [0.2, 0.25) is 0 Å². The van der Waals surface area contributed by atoms with Gasteiger partial charge in [-0.2, -0.15) is 10.5 Å². The molecule has 8 rings (SSSR count). The van der Waals surface area contributed by atoms with E-state index in [1.54, 1.807) is 11.3 Å². The lowest BCUT2D eigenvalue weighted by Crippen LogP contribution is -2.09. The SMILES string of the molecule is N#Cc1ccc(N(c2ccccc2)c2ccc3c(c2)oc2c4ccc(N(c5ccccc5)c5ccc(C#N)cc5)cc4sc32)cc1. The molecule has 0 radical (unpaired) electrons. The van der Waals surface area contributed by atoms with Crippen molar-refractivity contribution in [3.63, 3.8) is 0 Å². The molecule has 0 spiro atoms. The Morgan fingerprint density at radius 2 is 0.935 bits per heavy atom. The van der Waals surface area contributed by atoms with Gasteiger partial charge in [0, 0.05) is 55.7 Å². The molecule has 0 bridgehead atoms. The van der Waals surface area contributed by atoms with Crippen LogP contribution in [0.1, 0.15) is 11.1 Å². The van der Waals surface area contributed by atoms with Gasteiger partial charge in [0.05, 0.1) is 28.0 Å². The highest BCUT2D eigenvalue weighted by Crippen LogP contribution is 2.45. The van der Waals surface area contributed by atoms with Crippen LogP contribution in [-0.2, 0) is 0 Å². The van der Waals surface area contributed by atoms with Crippen molar-refractivity contribution < 1.29 is 4.42 Å². The summed E-state index contributed by atoms with van der Waals surface area (Å²) in [6.07, 6.45) is 0. The Morgan fingerprint density at radius 1 is 0.478 bits per heavy atom. The fraction of sp³-hybridized carbons (Fsp3) is 0. The third-order valence-corrected chi connectivity index (χ3v) is 9.27. The standard InChI is InChI=1S/C40H24N4OS/c41-25-27-11-15-31(16-12-27)43(29-7-3-1-4-8-29)33-19-21-35-37(23-33)45-39-36-22-20-34(24-38(36)46-40(35)39)44(30-9-5-2-6-10-30)32-17-13-28(26-42)14-18-32/h1-24H. The van der Waals surface area contributed by atoms with Crippen molar-refractivity contribution in [1.82, 2.24) is 0 Å². The van der Waals surface area contributed by atoms with E-state index in [0.717, 1.165) is 65.5 Å². The fourth-order valence-corrected chi connectivity index (χ4v) is 7.12. The Bertz CT molecular complexity index is 2260. The van der Waals surface area contributed by atoms with Gasteiger partial charge in [0.15, 0.2) is 5.58 Å². The van der Waals surface area contributed by atoms with Crippen LogP contribution in [0.25, 0.3) is 31.3 Å². The van der Waals surface area contributed by atoms with Crippen LogP contribution in [0.15, 0.2) is 150 Å². The van der Waals surface area contributed by atoms with Crippen LogP contribution in [0.4, 0.5) is 34.1 Å². The zero-order valence-electron chi connectivity index (χ0n) is 24.5. The van der Waals surface area contributed by atoms with Crippen LogP contribution >= 0.6 is 11.3 Å². The summed E-state index contributed by atoms with van der Waals surface area (Å²) in [5.74, 6) is 0. The van der Waals surface area contributed by atoms with Gasteiger partial charge in [0.1, 0.15) is 5.58 Å². The lowest BCUT2D eigenvalue weighted by Gasteiger charge is -2.25. The van der Waals surface area contributed by atoms with E-state index in [2.05, 4.69) is 82.6 Å². The molecule has 0 amide bonds. The highest BCUT2D eigenvalue weighted by molar-refractivity contribution is 7.26. The topological polar surface area (TPSA) is 67.2 Å². The first-order valence-corrected chi connectivity index (χ1v) is 15.6. The molecule has 5 nitrogen and oxygen atoms in total. The Labute approximate surface area is 269 Å². The molecule has 2 aromatic heterocycles. The smallest absolute Gasteiger partial charge is 0.154 e. The number of para-hydroxylation sites is 2. The average Bonchev–Trinajstić information content (AvgIpc) is 3.65. The van der Waals surface area contributed by atoms with E-state index in [1.165, 1.54) is 0 Å². The van der Waals surface area contributed by atoms with Gasteiger partial charge < -0.3 is 14.2 Å². The number of fused-ring (bicyclic) bond motifs is 5. The monoisotopic (exact) mass is 608 g/mol. The normalized spacial score (nSPS) is 11.0. The molecule has 0 atom stereocenters. The van der Waals surface area contributed by atoms with E-state index in [9.17, 15) is 10.5 Å². The van der Waals surface area contributed by atoms with E-state index in [-0.39, 0.29) is 0 Å². The second-order valence-corrected chi connectivity index (χ2v) is 11.9. The van der Waals surface area contributed by atoms with E-state index >= 15 is 0 Å². The maximum atomic E-state index is 9.32. The van der Waals surface area contributed by atoms with Crippen molar-refractivity contribution in [3.8, 4) is 12.1 Å².